The van der Waals surface area contributed by atoms with Crippen LogP contribution in [0.15, 0.2) is 49.1 Å². The maximum Gasteiger partial charge on any atom is 0.338 e. The first kappa shape index (κ1) is 17.0. The zero-order valence-electron chi connectivity index (χ0n) is 14.5. The van der Waals surface area contributed by atoms with Crippen LogP contribution >= 0.6 is 0 Å². The molecule has 2 aromatic heterocycles. The van der Waals surface area contributed by atoms with Crippen LogP contribution in [0.4, 0.5) is 0 Å². The Balaban J connectivity index is 1.43. The van der Waals surface area contributed by atoms with Crippen molar-refractivity contribution in [2.75, 3.05) is 13.1 Å². The molecule has 3 aromatic rings. The largest absolute Gasteiger partial charge is 0.478 e. The number of aromatic nitrogens is 5. The number of benzene rings is 1. The molecule has 27 heavy (non-hydrogen) atoms. The lowest BCUT2D eigenvalue weighted by molar-refractivity contribution is 0.0688. The first-order valence-electron chi connectivity index (χ1n) is 8.65. The Morgan fingerprint density at radius 2 is 1.96 bits per heavy atom. The number of amides is 1. The molecule has 1 saturated heterocycles. The molecule has 0 saturated carbocycles. The van der Waals surface area contributed by atoms with Gasteiger partial charge in [-0.2, -0.15) is 5.10 Å². The molecule has 1 fully saturated rings. The van der Waals surface area contributed by atoms with Crippen LogP contribution in [0.2, 0.25) is 0 Å². The lowest BCUT2D eigenvalue weighted by Gasteiger charge is -2.32. The van der Waals surface area contributed by atoms with Crippen molar-refractivity contribution in [2.24, 2.45) is 0 Å². The van der Waals surface area contributed by atoms with Crippen molar-refractivity contribution in [3.05, 3.63) is 60.2 Å². The van der Waals surface area contributed by atoms with E-state index < -0.39 is 5.97 Å². The molecule has 0 radical (unpaired) electrons. The standard InChI is InChI=1S/C18H18N6O3/c25-17(13-2-1-3-16(10-13)23-9-6-19-21-23)22-7-4-15(5-8-22)24-12-14(11-20-24)18(26)27/h1-3,6,9-12,15H,4-5,7-8H2,(H,26,27). The minimum atomic E-state index is -0.985. The number of aromatic carboxylic acids is 1. The van der Waals surface area contributed by atoms with Crippen molar-refractivity contribution >= 4 is 11.9 Å². The van der Waals surface area contributed by atoms with E-state index in [1.807, 2.05) is 17.0 Å². The molecule has 4 rings (SSSR count). The topological polar surface area (TPSA) is 106 Å². The minimum Gasteiger partial charge on any atom is -0.478 e. The maximum absolute atomic E-state index is 12.8. The van der Waals surface area contributed by atoms with Crippen molar-refractivity contribution < 1.29 is 14.7 Å². The van der Waals surface area contributed by atoms with Crippen molar-refractivity contribution in [1.82, 2.24) is 29.7 Å². The Hall–Kier alpha value is -3.49. The van der Waals surface area contributed by atoms with E-state index in [4.69, 9.17) is 5.11 Å². The number of carbonyl (C=O) groups is 2. The van der Waals surface area contributed by atoms with Gasteiger partial charge < -0.3 is 10.0 Å². The molecular formula is C18H18N6O3. The highest BCUT2D eigenvalue weighted by Crippen LogP contribution is 2.24. The van der Waals surface area contributed by atoms with Crippen LogP contribution in [0.3, 0.4) is 0 Å². The summed E-state index contributed by atoms with van der Waals surface area (Å²) in [5.41, 5.74) is 1.57. The molecule has 0 spiro atoms. The predicted molar refractivity (Wildman–Crippen MR) is 94.7 cm³/mol. The summed E-state index contributed by atoms with van der Waals surface area (Å²) in [4.78, 5) is 25.6. The van der Waals surface area contributed by atoms with Gasteiger partial charge in [-0.05, 0) is 31.0 Å². The van der Waals surface area contributed by atoms with Crippen LogP contribution < -0.4 is 0 Å². The molecule has 1 N–H and O–H groups in total. The molecule has 1 aromatic carbocycles. The second kappa shape index (κ2) is 7.02. The van der Waals surface area contributed by atoms with Gasteiger partial charge in [0.15, 0.2) is 0 Å². The van der Waals surface area contributed by atoms with Gasteiger partial charge in [0.25, 0.3) is 5.91 Å². The Kier molecular flexibility index (Phi) is 4.41. The molecule has 1 aliphatic rings. The number of piperidine rings is 1. The summed E-state index contributed by atoms with van der Waals surface area (Å²) in [6, 6.07) is 7.39. The molecule has 9 nitrogen and oxygen atoms in total. The Labute approximate surface area is 154 Å². The summed E-state index contributed by atoms with van der Waals surface area (Å²) in [5.74, 6) is -1.01. The number of carboxylic acid groups (broad SMARTS) is 1. The van der Waals surface area contributed by atoms with E-state index in [1.54, 1.807) is 40.1 Å². The van der Waals surface area contributed by atoms with Gasteiger partial charge in [-0.15, -0.1) is 5.10 Å². The molecule has 9 heteroatoms. The number of hydrogen-bond donors (Lipinski definition) is 1. The van der Waals surface area contributed by atoms with Crippen LogP contribution in [0.1, 0.15) is 39.6 Å². The third kappa shape index (κ3) is 3.43. The summed E-state index contributed by atoms with van der Waals surface area (Å²) in [5, 5.41) is 20.9. The van der Waals surface area contributed by atoms with Gasteiger partial charge in [0.05, 0.1) is 35.9 Å². The average molecular weight is 366 g/mol. The summed E-state index contributed by atoms with van der Waals surface area (Å²) >= 11 is 0. The van der Waals surface area contributed by atoms with E-state index >= 15 is 0 Å². The van der Waals surface area contributed by atoms with Gasteiger partial charge in [-0.1, -0.05) is 11.3 Å². The molecule has 1 amide bonds. The smallest absolute Gasteiger partial charge is 0.338 e. The fraction of sp³-hybridized carbons (Fsp3) is 0.278. The first-order valence-corrected chi connectivity index (χ1v) is 8.65. The van der Waals surface area contributed by atoms with Crippen molar-refractivity contribution in [1.29, 1.82) is 0 Å². The zero-order chi connectivity index (χ0) is 18.8. The number of carbonyl (C=O) groups excluding carboxylic acids is 1. The summed E-state index contributed by atoms with van der Waals surface area (Å²) < 4.78 is 3.30. The van der Waals surface area contributed by atoms with Gasteiger partial charge >= 0.3 is 5.97 Å². The van der Waals surface area contributed by atoms with E-state index in [-0.39, 0.29) is 17.5 Å². The third-order valence-corrected chi connectivity index (χ3v) is 4.75. The minimum absolute atomic E-state index is 0.0258. The van der Waals surface area contributed by atoms with Gasteiger partial charge in [-0.3, -0.25) is 9.48 Å². The molecule has 138 valence electrons. The predicted octanol–water partition coefficient (Wildman–Crippen LogP) is 1.64. The van der Waals surface area contributed by atoms with Crippen LogP contribution in [0, 0.1) is 0 Å². The highest BCUT2D eigenvalue weighted by molar-refractivity contribution is 5.94. The highest BCUT2D eigenvalue weighted by atomic mass is 16.4. The molecule has 0 aliphatic carbocycles. The number of hydrogen-bond acceptors (Lipinski definition) is 5. The van der Waals surface area contributed by atoms with Gasteiger partial charge in [0, 0.05) is 24.8 Å². The van der Waals surface area contributed by atoms with E-state index in [2.05, 4.69) is 15.4 Å². The normalized spacial score (nSPS) is 15.0. The number of nitrogens with zero attached hydrogens (tertiary/aromatic N) is 6. The Morgan fingerprint density at radius 3 is 2.63 bits per heavy atom. The number of rotatable bonds is 4. The summed E-state index contributed by atoms with van der Waals surface area (Å²) in [7, 11) is 0. The highest BCUT2D eigenvalue weighted by Gasteiger charge is 2.25. The SMILES string of the molecule is O=C(O)c1cnn(C2CCN(C(=O)c3cccc(-n4ccnn4)c3)CC2)c1. The third-order valence-electron chi connectivity index (χ3n) is 4.75. The van der Waals surface area contributed by atoms with Gasteiger partial charge in [0.1, 0.15) is 0 Å². The maximum atomic E-state index is 12.8. The van der Waals surface area contributed by atoms with E-state index in [0.29, 0.717) is 18.7 Å². The summed E-state index contributed by atoms with van der Waals surface area (Å²) in [6.07, 6.45) is 7.68. The molecule has 0 atom stereocenters. The quantitative estimate of drug-likeness (QED) is 0.752. The van der Waals surface area contributed by atoms with Crippen molar-refractivity contribution in [2.45, 2.75) is 18.9 Å². The monoisotopic (exact) mass is 366 g/mol. The number of carboxylic acids is 1. The van der Waals surface area contributed by atoms with Crippen LogP contribution in [-0.2, 0) is 0 Å². The van der Waals surface area contributed by atoms with Crippen LogP contribution in [-0.4, -0.2) is 59.7 Å². The van der Waals surface area contributed by atoms with Gasteiger partial charge in [-0.25, -0.2) is 9.48 Å². The Bertz CT molecular complexity index is 957. The van der Waals surface area contributed by atoms with Crippen molar-refractivity contribution in [3.63, 3.8) is 0 Å². The lowest BCUT2D eigenvalue weighted by Crippen LogP contribution is -2.39. The average Bonchev–Trinajstić information content (AvgIpc) is 3.40. The lowest BCUT2D eigenvalue weighted by atomic mass is 10.0. The molecule has 0 unspecified atom stereocenters. The molecule has 1 aliphatic heterocycles. The second-order valence-electron chi connectivity index (χ2n) is 6.44. The molecule has 0 bridgehead atoms. The van der Waals surface area contributed by atoms with E-state index in [9.17, 15) is 9.59 Å². The number of likely N-dealkylation sites (tertiary alicyclic amines) is 1. The molecule has 3 heterocycles. The first-order chi connectivity index (χ1) is 13.1. The zero-order valence-corrected chi connectivity index (χ0v) is 14.5. The van der Waals surface area contributed by atoms with E-state index in [1.165, 1.54) is 6.20 Å². The second-order valence-corrected chi connectivity index (χ2v) is 6.44. The van der Waals surface area contributed by atoms with Crippen LogP contribution in [0.5, 0.6) is 0 Å². The summed E-state index contributed by atoms with van der Waals surface area (Å²) in [6.45, 7) is 1.19. The van der Waals surface area contributed by atoms with Crippen molar-refractivity contribution in [3.8, 4) is 5.69 Å². The van der Waals surface area contributed by atoms with Gasteiger partial charge in [0.2, 0.25) is 0 Å². The van der Waals surface area contributed by atoms with Crippen LogP contribution in [0.25, 0.3) is 5.69 Å². The van der Waals surface area contributed by atoms with E-state index in [0.717, 1.165) is 18.5 Å². The fourth-order valence-corrected chi connectivity index (χ4v) is 3.29. The molecular weight excluding hydrogens is 348 g/mol. The Morgan fingerprint density at radius 1 is 1.15 bits per heavy atom. The fourth-order valence-electron chi connectivity index (χ4n) is 3.29.